The van der Waals surface area contributed by atoms with Crippen LogP contribution >= 0.6 is 11.8 Å². The lowest BCUT2D eigenvalue weighted by molar-refractivity contribution is -0.143. The van der Waals surface area contributed by atoms with Gasteiger partial charge in [0.25, 0.3) is 0 Å². The van der Waals surface area contributed by atoms with Crippen LogP contribution in [0.1, 0.15) is 53.4 Å². The Morgan fingerprint density at radius 3 is 1.88 bits per heavy atom. The van der Waals surface area contributed by atoms with E-state index in [2.05, 4.69) is 16.0 Å². The van der Waals surface area contributed by atoms with Gasteiger partial charge in [-0.1, -0.05) is 34.1 Å². The van der Waals surface area contributed by atoms with Gasteiger partial charge in [0.2, 0.25) is 17.7 Å². The minimum absolute atomic E-state index is 0.0852. The molecule has 0 aromatic rings. The molecular formula is C21H38N4O7S. The van der Waals surface area contributed by atoms with Crippen molar-refractivity contribution >= 4 is 41.4 Å². The molecule has 0 radical (unpaired) electrons. The fourth-order valence-corrected chi connectivity index (χ4v) is 3.38. The summed E-state index contributed by atoms with van der Waals surface area (Å²) in [6, 6.07) is -4.20. The zero-order chi connectivity index (χ0) is 25.7. The van der Waals surface area contributed by atoms with Crippen molar-refractivity contribution in [3.8, 4) is 0 Å². The van der Waals surface area contributed by atoms with Crippen LogP contribution in [0.25, 0.3) is 0 Å². The number of rotatable bonds is 16. The van der Waals surface area contributed by atoms with E-state index in [1.165, 1.54) is 11.8 Å². The lowest BCUT2D eigenvalue weighted by Gasteiger charge is -2.29. The molecule has 0 fully saturated rings. The molecule has 0 rings (SSSR count). The molecule has 190 valence electrons. The molecule has 7 N–H and O–H groups in total. The fourth-order valence-electron chi connectivity index (χ4n) is 2.90. The predicted octanol–water partition coefficient (Wildman–Crippen LogP) is 0.173. The quantitative estimate of drug-likeness (QED) is 0.175. The lowest BCUT2D eigenvalue weighted by atomic mass is 9.96. The molecule has 3 amide bonds. The number of carboxylic acids is 2. The highest BCUT2D eigenvalue weighted by molar-refractivity contribution is 7.98. The maximum Gasteiger partial charge on any atom is 0.326 e. The van der Waals surface area contributed by atoms with Gasteiger partial charge in [-0.15, -0.1) is 0 Å². The second-order valence-corrected chi connectivity index (χ2v) is 9.31. The molecule has 11 nitrogen and oxygen atoms in total. The van der Waals surface area contributed by atoms with Gasteiger partial charge in [-0.2, -0.15) is 11.8 Å². The first-order valence-corrected chi connectivity index (χ1v) is 12.3. The molecule has 0 saturated carbocycles. The molecule has 12 heteroatoms. The standard InChI is InChI=1S/C21H38N4O7S/c1-6-12(4)17(20(30)23-14(21(31)32)9-10-33-5)25-19(29)16(11(2)3)24-18(28)13(22)7-8-15(26)27/h11-14,16-17H,6-10,22H2,1-5H3,(H,23,30)(H,24,28)(H,25,29)(H,26,27)(H,31,32). The van der Waals surface area contributed by atoms with E-state index >= 15 is 0 Å². The van der Waals surface area contributed by atoms with Gasteiger partial charge < -0.3 is 31.9 Å². The van der Waals surface area contributed by atoms with Gasteiger partial charge in [0.05, 0.1) is 6.04 Å². The van der Waals surface area contributed by atoms with Crippen LogP contribution in [0.4, 0.5) is 0 Å². The average Bonchev–Trinajstić information content (AvgIpc) is 2.75. The number of thioether (sulfide) groups is 1. The minimum Gasteiger partial charge on any atom is -0.481 e. The van der Waals surface area contributed by atoms with Crippen molar-refractivity contribution in [2.24, 2.45) is 17.6 Å². The van der Waals surface area contributed by atoms with Crippen molar-refractivity contribution in [1.29, 1.82) is 0 Å². The first kappa shape index (κ1) is 30.7. The molecule has 0 spiro atoms. The number of hydrogen-bond acceptors (Lipinski definition) is 7. The van der Waals surface area contributed by atoms with Gasteiger partial charge in [0.15, 0.2) is 0 Å². The first-order valence-electron chi connectivity index (χ1n) is 11.0. The largest absolute Gasteiger partial charge is 0.481 e. The molecule has 33 heavy (non-hydrogen) atoms. The topological polar surface area (TPSA) is 188 Å². The van der Waals surface area contributed by atoms with Crippen LogP contribution in [0, 0.1) is 11.8 Å². The Balaban J connectivity index is 5.41. The second kappa shape index (κ2) is 15.5. The Bertz CT molecular complexity index is 690. The van der Waals surface area contributed by atoms with Gasteiger partial charge in [0, 0.05) is 6.42 Å². The van der Waals surface area contributed by atoms with E-state index in [-0.39, 0.29) is 31.1 Å². The predicted molar refractivity (Wildman–Crippen MR) is 126 cm³/mol. The number of carbonyl (C=O) groups excluding carboxylic acids is 3. The van der Waals surface area contributed by atoms with Crippen LogP contribution in [-0.2, 0) is 24.0 Å². The third-order valence-corrected chi connectivity index (χ3v) is 5.92. The zero-order valence-corrected chi connectivity index (χ0v) is 20.7. The second-order valence-electron chi connectivity index (χ2n) is 8.32. The van der Waals surface area contributed by atoms with E-state index in [9.17, 15) is 29.1 Å². The van der Waals surface area contributed by atoms with Crippen LogP contribution in [0.5, 0.6) is 0 Å². The Kier molecular flexibility index (Phi) is 14.4. The number of carbonyl (C=O) groups is 5. The van der Waals surface area contributed by atoms with Crippen LogP contribution in [0.2, 0.25) is 0 Å². The van der Waals surface area contributed by atoms with E-state index in [0.717, 1.165) is 0 Å². The summed E-state index contributed by atoms with van der Waals surface area (Å²) in [5.41, 5.74) is 5.73. The van der Waals surface area contributed by atoms with E-state index in [0.29, 0.717) is 12.2 Å². The fraction of sp³-hybridized carbons (Fsp3) is 0.762. The Labute approximate surface area is 199 Å². The zero-order valence-electron chi connectivity index (χ0n) is 19.9. The van der Waals surface area contributed by atoms with Gasteiger partial charge >= 0.3 is 11.9 Å². The number of hydrogen-bond donors (Lipinski definition) is 6. The molecule has 0 aliphatic carbocycles. The number of nitrogens with two attached hydrogens (primary N) is 1. The summed E-state index contributed by atoms with van der Waals surface area (Å²) in [6.45, 7) is 7.00. The summed E-state index contributed by atoms with van der Waals surface area (Å²) < 4.78 is 0. The summed E-state index contributed by atoms with van der Waals surface area (Å²) >= 11 is 1.46. The van der Waals surface area contributed by atoms with E-state index in [4.69, 9.17) is 10.8 Å². The molecule has 0 aromatic carbocycles. The average molecular weight is 491 g/mol. The molecule has 0 heterocycles. The number of carboxylic acid groups (broad SMARTS) is 2. The van der Waals surface area contributed by atoms with Crippen LogP contribution < -0.4 is 21.7 Å². The summed E-state index contributed by atoms with van der Waals surface area (Å²) in [5.74, 6) is -4.25. The van der Waals surface area contributed by atoms with Gasteiger partial charge in [0.1, 0.15) is 18.1 Å². The third-order valence-electron chi connectivity index (χ3n) is 5.27. The summed E-state index contributed by atoms with van der Waals surface area (Å²) in [6.07, 6.45) is 2.24. The lowest BCUT2D eigenvalue weighted by Crippen LogP contribution is -2.59. The van der Waals surface area contributed by atoms with E-state index < -0.39 is 53.8 Å². The van der Waals surface area contributed by atoms with Crippen molar-refractivity contribution in [2.75, 3.05) is 12.0 Å². The highest BCUT2D eigenvalue weighted by atomic mass is 32.2. The van der Waals surface area contributed by atoms with Crippen molar-refractivity contribution < 1.29 is 34.2 Å². The van der Waals surface area contributed by atoms with Crippen LogP contribution in [0.15, 0.2) is 0 Å². The van der Waals surface area contributed by atoms with Gasteiger partial charge in [-0.3, -0.25) is 19.2 Å². The first-order chi connectivity index (χ1) is 15.3. The van der Waals surface area contributed by atoms with Crippen LogP contribution in [-0.4, -0.2) is 76.0 Å². The molecule has 0 aliphatic rings. The normalized spacial score (nSPS) is 15.6. The summed E-state index contributed by atoms with van der Waals surface area (Å²) in [7, 11) is 0. The van der Waals surface area contributed by atoms with Crippen molar-refractivity contribution in [3.05, 3.63) is 0 Å². The number of aliphatic carboxylic acids is 2. The van der Waals surface area contributed by atoms with Gasteiger partial charge in [-0.05, 0) is 36.7 Å². The maximum absolute atomic E-state index is 13.0. The highest BCUT2D eigenvalue weighted by Crippen LogP contribution is 2.12. The van der Waals surface area contributed by atoms with Crippen molar-refractivity contribution in [3.63, 3.8) is 0 Å². The summed E-state index contributed by atoms with van der Waals surface area (Å²) in [5, 5.41) is 25.8. The minimum atomic E-state index is -1.16. The van der Waals surface area contributed by atoms with Gasteiger partial charge in [-0.25, -0.2) is 4.79 Å². The molecule has 0 aliphatic heterocycles. The highest BCUT2D eigenvalue weighted by Gasteiger charge is 2.33. The number of amides is 3. The van der Waals surface area contributed by atoms with E-state index in [1.54, 1.807) is 20.8 Å². The third kappa shape index (κ3) is 11.4. The smallest absolute Gasteiger partial charge is 0.326 e. The Morgan fingerprint density at radius 1 is 0.879 bits per heavy atom. The molecular weight excluding hydrogens is 452 g/mol. The summed E-state index contributed by atoms with van der Waals surface area (Å²) in [4.78, 5) is 60.4. The Hall–Kier alpha value is -2.34. The Morgan fingerprint density at radius 2 is 1.42 bits per heavy atom. The van der Waals surface area contributed by atoms with Crippen LogP contribution in [0.3, 0.4) is 0 Å². The molecule has 0 aromatic heterocycles. The molecule has 0 bridgehead atoms. The monoisotopic (exact) mass is 490 g/mol. The SMILES string of the molecule is CCC(C)C(NC(=O)C(NC(=O)C(N)CCC(=O)O)C(C)C)C(=O)NC(CCSC)C(=O)O. The van der Waals surface area contributed by atoms with Crippen molar-refractivity contribution in [1.82, 2.24) is 16.0 Å². The van der Waals surface area contributed by atoms with Crippen molar-refractivity contribution in [2.45, 2.75) is 77.5 Å². The number of nitrogens with one attached hydrogen (secondary N) is 3. The maximum atomic E-state index is 13.0. The van der Waals surface area contributed by atoms with E-state index in [1.807, 2.05) is 13.2 Å². The molecule has 5 unspecified atom stereocenters. The molecule has 5 atom stereocenters. The molecule has 0 saturated heterocycles.